The molecule has 0 aromatic heterocycles. The number of amides is 1. The fourth-order valence-corrected chi connectivity index (χ4v) is 3.93. The molecule has 134 valence electrons. The van der Waals surface area contributed by atoms with Gasteiger partial charge in [0.05, 0.1) is 0 Å². The van der Waals surface area contributed by atoms with E-state index in [4.69, 9.17) is 11.6 Å². The van der Waals surface area contributed by atoms with E-state index in [-0.39, 0.29) is 11.7 Å². The smallest absolute Gasteiger partial charge is 0.220 e. The van der Waals surface area contributed by atoms with Crippen LogP contribution in [0.5, 0.6) is 0 Å². The van der Waals surface area contributed by atoms with Crippen molar-refractivity contribution in [3.63, 3.8) is 0 Å². The van der Waals surface area contributed by atoms with Gasteiger partial charge in [0, 0.05) is 34.4 Å². The third kappa shape index (κ3) is 8.17. The number of benzene rings is 2. The van der Waals surface area contributed by atoms with Crippen LogP contribution in [0.15, 0.2) is 53.4 Å². The Kier molecular flexibility index (Phi) is 9.22. The van der Waals surface area contributed by atoms with E-state index >= 15 is 0 Å². The Hall–Kier alpha value is -1.17. The van der Waals surface area contributed by atoms with Crippen LogP contribution in [0.25, 0.3) is 0 Å². The number of thioether (sulfide) groups is 2. The first kappa shape index (κ1) is 20.1. The highest BCUT2D eigenvalue weighted by molar-refractivity contribution is 7.99. The number of hydrogen-bond acceptors (Lipinski definition) is 3. The predicted molar refractivity (Wildman–Crippen MR) is 107 cm³/mol. The third-order valence-corrected chi connectivity index (χ3v) is 5.77. The molecule has 0 radical (unpaired) electrons. The average molecular weight is 398 g/mol. The molecular weight excluding hydrogens is 377 g/mol. The maximum atomic E-state index is 13.5. The van der Waals surface area contributed by atoms with Crippen molar-refractivity contribution in [3.8, 4) is 0 Å². The van der Waals surface area contributed by atoms with Crippen LogP contribution in [0.3, 0.4) is 0 Å². The van der Waals surface area contributed by atoms with Gasteiger partial charge < -0.3 is 5.32 Å². The largest absolute Gasteiger partial charge is 0.355 e. The number of nitrogens with one attached hydrogen (secondary N) is 1. The van der Waals surface area contributed by atoms with Gasteiger partial charge in [-0.3, -0.25) is 4.79 Å². The highest BCUT2D eigenvalue weighted by atomic mass is 35.5. The number of carbonyl (C=O) groups excluding carboxylic acids is 1. The SMILES string of the molecule is O=C(CCCSc1ccc(Cl)cc1)NCCSCc1ccccc1F. The molecule has 2 aromatic rings. The van der Waals surface area contributed by atoms with Crippen molar-refractivity contribution < 1.29 is 9.18 Å². The summed E-state index contributed by atoms with van der Waals surface area (Å²) in [5.74, 6) is 2.21. The minimum absolute atomic E-state index is 0.0724. The molecule has 0 saturated carbocycles. The highest BCUT2D eigenvalue weighted by Crippen LogP contribution is 2.21. The maximum Gasteiger partial charge on any atom is 0.220 e. The summed E-state index contributed by atoms with van der Waals surface area (Å²) >= 11 is 9.19. The summed E-state index contributed by atoms with van der Waals surface area (Å²) in [5, 5.41) is 3.64. The topological polar surface area (TPSA) is 29.1 Å². The Labute approximate surface area is 161 Å². The lowest BCUT2D eigenvalue weighted by atomic mass is 10.2. The lowest BCUT2D eigenvalue weighted by Crippen LogP contribution is -2.25. The molecule has 0 unspecified atom stereocenters. The van der Waals surface area contributed by atoms with Crippen molar-refractivity contribution in [3.05, 3.63) is 64.9 Å². The summed E-state index contributed by atoms with van der Waals surface area (Å²) in [6, 6.07) is 14.5. The second-order valence-electron chi connectivity index (χ2n) is 5.40. The van der Waals surface area contributed by atoms with Crippen LogP contribution in [0.1, 0.15) is 18.4 Å². The van der Waals surface area contributed by atoms with Gasteiger partial charge >= 0.3 is 0 Å². The van der Waals surface area contributed by atoms with Crippen molar-refractivity contribution in [2.24, 2.45) is 0 Å². The molecule has 0 aliphatic heterocycles. The molecule has 0 saturated heterocycles. The summed E-state index contributed by atoms with van der Waals surface area (Å²) in [7, 11) is 0. The third-order valence-electron chi connectivity index (χ3n) is 3.41. The molecule has 0 atom stereocenters. The molecule has 0 aliphatic carbocycles. The summed E-state index contributed by atoms with van der Waals surface area (Å²) in [5.41, 5.74) is 0.707. The Balaban J connectivity index is 1.49. The molecule has 0 aliphatic rings. The van der Waals surface area contributed by atoms with Crippen molar-refractivity contribution in [1.29, 1.82) is 0 Å². The molecular formula is C19H21ClFNOS2. The molecule has 6 heteroatoms. The first-order valence-corrected chi connectivity index (χ1v) is 10.6. The standard InChI is InChI=1S/C19H21ClFNOS2/c20-16-7-9-17(10-8-16)25-12-3-6-19(23)22-11-13-24-14-15-4-1-2-5-18(15)21/h1-2,4-5,7-10H,3,6,11-14H2,(H,22,23). The monoisotopic (exact) mass is 397 g/mol. The van der Waals surface area contributed by atoms with Gasteiger partial charge in [0.1, 0.15) is 5.82 Å². The Morgan fingerprint density at radius 1 is 1.08 bits per heavy atom. The Morgan fingerprint density at radius 3 is 2.60 bits per heavy atom. The van der Waals surface area contributed by atoms with E-state index < -0.39 is 0 Å². The molecule has 0 fully saturated rings. The van der Waals surface area contributed by atoms with E-state index in [9.17, 15) is 9.18 Å². The van der Waals surface area contributed by atoms with E-state index in [1.54, 1.807) is 35.7 Å². The van der Waals surface area contributed by atoms with Gasteiger partial charge in [-0.05, 0) is 48.1 Å². The van der Waals surface area contributed by atoms with E-state index in [0.717, 1.165) is 27.8 Å². The summed E-state index contributed by atoms with van der Waals surface area (Å²) < 4.78 is 13.5. The van der Waals surface area contributed by atoms with E-state index in [1.807, 2.05) is 30.3 Å². The molecule has 0 heterocycles. The molecule has 0 spiro atoms. The van der Waals surface area contributed by atoms with Gasteiger partial charge in [-0.1, -0.05) is 29.8 Å². The normalized spacial score (nSPS) is 10.6. The quantitative estimate of drug-likeness (QED) is 0.429. The fourth-order valence-electron chi connectivity index (χ4n) is 2.10. The first-order valence-electron chi connectivity index (χ1n) is 8.11. The van der Waals surface area contributed by atoms with Gasteiger partial charge in [0.25, 0.3) is 0 Å². The summed E-state index contributed by atoms with van der Waals surface area (Å²) in [4.78, 5) is 12.9. The zero-order valence-electron chi connectivity index (χ0n) is 13.8. The molecule has 0 bridgehead atoms. The number of halogens is 2. The summed E-state index contributed by atoms with van der Waals surface area (Å²) in [6.07, 6.45) is 1.36. The second kappa shape index (κ2) is 11.4. The van der Waals surface area contributed by atoms with Crippen molar-refractivity contribution in [2.75, 3.05) is 18.1 Å². The van der Waals surface area contributed by atoms with E-state index in [0.29, 0.717) is 24.3 Å². The molecule has 2 aromatic carbocycles. The Morgan fingerprint density at radius 2 is 1.84 bits per heavy atom. The molecule has 2 nitrogen and oxygen atoms in total. The van der Waals surface area contributed by atoms with E-state index in [2.05, 4.69) is 5.32 Å². The van der Waals surface area contributed by atoms with Crippen LogP contribution < -0.4 is 5.32 Å². The van der Waals surface area contributed by atoms with Crippen LogP contribution in [0.2, 0.25) is 5.02 Å². The molecule has 1 N–H and O–H groups in total. The second-order valence-corrected chi connectivity index (χ2v) is 8.11. The lowest BCUT2D eigenvalue weighted by Gasteiger charge is -2.06. The van der Waals surface area contributed by atoms with Gasteiger partial charge in [-0.25, -0.2) is 4.39 Å². The van der Waals surface area contributed by atoms with Crippen LogP contribution in [0, 0.1) is 5.82 Å². The van der Waals surface area contributed by atoms with Crippen molar-refractivity contribution in [1.82, 2.24) is 5.32 Å². The van der Waals surface area contributed by atoms with Gasteiger partial charge in [0.15, 0.2) is 0 Å². The van der Waals surface area contributed by atoms with Gasteiger partial charge in [-0.2, -0.15) is 11.8 Å². The van der Waals surface area contributed by atoms with Crippen LogP contribution >= 0.6 is 35.1 Å². The molecule has 2 rings (SSSR count). The highest BCUT2D eigenvalue weighted by Gasteiger charge is 2.03. The van der Waals surface area contributed by atoms with E-state index in [1.165, 1.54) is 6.07 Å². The van der Waals surface area contributed by atoms with Crippen LogP contribution in [0.4, 0.5) is 4.39 Å². The van der Waals surface area contributed by atoms with Gasteiger partial charge in [0.2, 0.25) is 5.91 Å². The zero-order chi connectivity index (χ0) is 17.9. The predicted octanol–water partition coefficient (Wildman–Crippen LogP) is 5.40. The number of hydrogen-bond donors (Lipinski definition) is 1. The lowest BCUT2D eigenvalue weighted by molar-refractivity contribution is -0.120. The molecule has 25 heavy (non-hydrogen) atoms. The van der Waals surface area contributed by atoms with Crippen LogP contribution in [-0.4, -0.2) is 24.0 Å². The number of rotatable bonds is 10. The maximum absolute atomic E-state index is 13.5. The molecule has 1 amide bonds. The Bertz CT molecular complexity index is 667. The fraction of sp³-hybridized carbons (Fsp3) is 0.316. The summed E-state index contributed by atoms with van der Waals surface area (Å²) in [6.45, 7) is 0.613. The van der Waals surface area contributed by atoms with Crippen molar-refractivity contribution in [2.45, 2.75) is 23.5 Å². The zero-order valence-corrected chi connectivity index (χ0v) is 16.2. The van der Waals surface area contributed by atoms with Crippen molar-refractivity contribution >= 4 is 41.0 Å². The minimum Gasteiger partial charge on any atom is -0.355 e. The minimum atomic E-state index is -0.169. The van der Waals surface area contributed by atoms with Crippen LogP contribution in [-0.2, 0) is 10.5 Å². The average Bonchev–Trinajstić information content (AvgIpc) is 2.61. The first-order chi connectivity index (χ1) is 12.1. The van der Waals surface area contributed by atoms with Gasteiger partial charge in [-0.15, -0.1) is 11.8 Å². The number of carbonyl (C=O) groups is 1.